The summed E-state index contributed by atoms with van der Waals surface area (Å²) in [6.45, 7) is 1.01. The number of aromatic hydroxyl groups is 1. The van der Waals surface area contributed by atoms with Crippen LogP contribution >= 0.6 is 0 Å². The Hall–Kier alpha value is -5.84. The normalized spacial score (nSPS) is 11.5. The van der Waals surface area contributed by atoms with E-state index in [0.29, 0.717) is 58.5 Å². The van der Waals surface area contributed by atoms with E-state index in [4.69, 9.17) is 18.9 Å². The van der Waals surface area contributed by atoms with Crippen molar-refractivity contribution in [2.75, 3.05) is 20.8 Å². The summed E-state index contributed by atoms with van der Waals surface area (Å²) >= 11 is 0. The number of aliphatic hydroxyl groups is 1. The molecule has 4 aromatic rings. The predicted octanol–water partition coefficient (Wildman–Crippen LogP) is 5.21. The third-order valence-electron chi connectivity index (χ3n) is 6.14. The van der Waals surface area contributed by atoms with Gasteiger partial charge in [-0.25, -0.2) is 4.68 Å². The van der Waals surface area contributed by atoms with Crippen molar-refractivity contribution < 1.29 is 38.7 Å². The number of nitrogens with zero attached hydrogens (tertiary/aromatic N) is 3. The fraction of sp³-hybridized carbons (Fsp3) is 0.152. The molecule has 0 amide bonds. The third-order valence-corrected chi connectivity index (χ3v) is 6.14. The molecule has 0 unspecified atom stereocenters. The number of aromatic nitrogens is 3. The first-order valence-electron chi connectivity index (χ1n) is 13.4. The molecule has 1 heterocycles. The number of rotatable bonds is 15. The molecule has 44 heavy (non-hydrogen) atoms. The van der Waals surface area contributed by atoms with Crippen LogP contribution in [0.2, 0.25) is 0 Å². The van der Waals surface area contributed by atoms with E-state index in [1.54, 1.807) is 77.6 Å². The Bertz CT molecular complexity index is 1670. The summed E-state index contributed by atoms with van der Waals surface area (Å²) < 4.78 is 23.7. The van der Waals surface area contributed by atoms with Crippen molar-refractivity contribution in [3.63, 3.8) is 0 Å². The molecule has 11 nitrogen and oxygen atoms in total. The Labute approximate surface area is 253 Å². The molecular formula is C33H31N3O8. The number of benzene rings is 3. The number of hydrogen-bond donors (Lipinski definition) is 2. The molecule has 0 bridgehead atoms. The zero-order valence-corrected chi connectivity index (χ0v) is 24.1. The average Bonchev–Trinajstić information content (AvgIpc) is 3.50. The minimum absolute atomic E-state index is 0.00119. The molecule has 4 rings (SSSR count). The van der Waals surface area contributed by atoms with E-state index < -0.39 is 5.78 Å². The predicted molar refractivity (Wildman–Crippen MR) is 163 cm³/mol. The molecule has 2 N–H and O–H groups in total. The Kier molecular flexibility index (Phi) is 10.9. The summed E-state index contributed by atoms with van der Waals surface area (Å²) in [7, 11) is 2.95. The number of methoxy groups -OCH3 is 2. The third kappa shape index (κ3) is 9.08. The standard InChI is InChI=1S/C33H31N3O8/c1-41-32-17-23(7-13-30(32)40)3-9-27(38)19-28(39)10-4-24-8-14-31(33(18-24)42-2)44-22-26-20-36(35-34-26)15-16-43-29-11-5-25(21-37)6-12-29/h3-14,17-21,39-40H,15-16,22H2,1-2H3/b9-3+,10-4+,28-19-. The first-order valence-corrected chi connectivity index (χ1v) is 13.4. The highest BCUT2D eigenvalue weighted by Crippen LogP contribution is 2.29. The van der Waals surface area contributed by atoms with Gasteiger partial charge in [-0.3, -0.25) is 9.59 Å². The van der Waals surface area contributed by atoms with E-state index >= 15 is 0 Å². The minimum Gasteiger partial charge on any atom is -0.508 e. The van der Waals surface area contributed by atoms with Crippen LogP contribution in [0.1, 0.15) is 27.2 Å². The van der Waals surface area contributed by atoms with Crippen LogP contribution in [0, 0.1) is 0 Å². The van der Waals surface area contributed by atoms with Crippen LogP contribution in [0.3, 0.4) is 0 Å². The van der Waals surface area contributed by atoms with E-state index in [2.05, 4.69) is 10.3 Å². The topological polar surface area (TPSA) is 142 Å². The number of aliphatic hydroxyl groups excluding tert-OH is 1. The molecule has 0 spiro atoms. The van der Waals surface area contributed by atoms with E-state index in [1.165, 1.54) is 32.4 Å². The fourth-order valence-electron chi connectivity index (χ4n) is 3.87. The smallest absolute Gasteiger partial charge is 0.182 e. The average molecular weight is 598 g/mol. The zero-order chi connectivity index (χ0) is 31.3. The summed E-state index contributed by atoms with van der Waals surface area (Å²) in [4.78, 5) is 23.0. The van der Waals surface area contributed by atoms with Gasteiger partial charge < -0.3 is 29.2 Å². The largest absolute Gasteiger partial charge is 0.508 e. The van der Waals surface area contributed by atoms with Gasteiger partial charge in [-0.15, -0.1) is 5.10 Å². The lowest BCUT2D eigenvalue weighted by Gasteiger charge is -2.10. The van der Waals surface area contributed by atoms with Gasteiger partial charge in [0.1, 0.15) is 36.7 Å². The summed E-state index contributed by atoms with van der Waals surface area (Å²) in [6, 6.07) is 16.8. The van der Waals surface area contributed by atoms with E-state index in [-0.39, 0.29) is 18.1 Å². The van der Waals surface area contributed by atoms with Crippen LogP contribution in [0.4, 0.5) is 0 Å². The van der Waals surface area contributed by atoms with Crippen LogP contribution in [0.15, 0.2) is 90.8 Å². The summed E-state index contributed by atoms with van der Waals surface area (Å²) in [5.41, 5.74) is 2.56. The summed E-state index contributed by atoms with van der Waals surface area (Å²) in [6.07, 6.45) is 9.50. The van der Waals surface area contributed by atoms with Gasteiger partial charge in [0.15, 0.2) is 28.8 Å². The van der Waals surface area contributed by atoms with Crippen molar-refractivity contribution in [1.29, 1.82) is 0 Å². The molecule has 0 aliphatic heterocycles. The van der Waals surface area contributed by atoms with Gasteiger partial charge in [-0.05, 0) is 71.8 Å². The quantitative estimate of drug-likeness (QED) is 0.0812. The van der Waals surface area contributed by atoms with Crippen molar-refractivity contribution in [2.24, 2.45) is 0 Å². The maximum absolute atomic E-state index is 12.2. The van der Waals surface area contributed by atoms with Gasteiger partial charge in [0.25, 0.3) is 0 Å². The van der Waals surface area contributed by atoms with E-state index in [0.717, 1.165) is 12.4 Å². The second kappa shape index (κ2) is 15.4. The molecule has 0 radical (unpaired) electrons. The highest BCUT2D eigenvalue weighted by Gasteiger charge is 2.08. The van der Waals surface area contributed by atoms with Crippen molar-refractivity contribution in [1.82, 2.24) is 15.0 Å². The lowest BCUT2D eigenvalue weighted by atomic mass is 10.1. The minimum atomic E-state index is -0.421. The van der Waals surface area contributed by atoms with Crippen molar-refractivity contribution in [3.8, 4) is 28.7 Å². The molecule has 226 valence electrons. The van der Waals surface area contributed by atoms with Crippen LogP contribution in [-0.4, -0.2) is 58.1 Å². The van der Waals surface area contributed by atoms with Crippen molar-refractivity contribution in [3.05, 3.63) is 113 Å². The molecule has 0 aliphatic rings. The maximum Gasteiger partial charge on any atom is 0.182 e. The molecular weight excluding hydrogens is 566 g/mol. The number of hydrogen-bond acceptors (Lipinski definition) is 10. The first kappa shape index (κ1) is 31.1. The van der Waals surface area contributed by atoms with Crippen LogP contribution < -0.4 is 18.9 Å². The number of aldehydes is 1. The van der Waals surface area contributed by atoms with Gasteiger partial charge in [-0.2, -0.15) is 0 Å². The Morgan fingerprint density at radius 3 is 2.27 bits per heavy atom. The van der Waals surface area contributed by atoms with Gasteiger partial charge in [-0.1, -0.05) is 29.5 Å². The zero-order valence-electron chi connectivity index (χ0n) is 24.1. The van der Waals surface area contributed by atoms with Crippen LogP contribution in [-0.2, 0) is 17.9 Å². The lowest BCUT2D eigenvalue weighted by molar-refractivity contribution is -0.110. The Morgan fingerprint density at radius 1 is 0.864 bits per heavy atom. The number of ketones is 1. The van der Waals surface area contributed by atoms with Crippen molar-refractivity contribution in [2.45, 2.75) is 13.2 Å². The van der Waals surface area contributed by atoms with Gasteiger partial charge in [0.2, 0.25) is 0 Å². The number of ether oxygens (including phenoxy) is 4. The van der Waals surface area contributed by atoms with Crippen molar-refractivity contribution >= 4 is 24.2 Å². The number of phenols is 1. The number of carbonyl (C=O) groups is 2. The highest BCUT2D eigenvalue weighted by atomic mass is 16.5. The second-order valence-electron chi connectivity index (χ2n) is 9.28. The lowest BCUT2D eigenvalue weighted by Crippen LogP contribution is -2.08. The van der Waals surface area contributed by atoms with E-state index in [9.17, 15) is 19.8 Å². The molecule has 0 aliphatic carbocycles. The van der Waals surface area contributed by atoms with E-state index in [1.807, 2.05) is 0 Å². The van der Waals surface area contributed by atoms with Gasteiger partial charge in [0, 0.05) is 11.6 Å². The first-order chi connectivity index (χ1) is 21.4. The molecule has 0 fully saturated rings. The monoisotopic (exact) mass is 597 g/mol. The number of allylic oxidation sites excluding steroid dienone is 3. The maximum atomic E-state index is 12.2. The molecule has 0 saturated carbocycles. The van der Waals surface area contributed by atoms with Gasteiger partial charge >= 0.3 is 0 Å². The Balaban J connectivity index is 1.28. The van der Waals surface area contributed by atoms with Gasteiger partial charge in [0.05, 0.1) is 27.0 Å². The molecule has 1 aromatic heterocycles. The molecule has 0 atom stereocenters. The number of carbonyl (C=O) groups excluding carboxylic acids is 2. The highest BCUT2D eigenvalue weighted by molar-refractivity contribution is 6.02. The SMILES string of the molecule is COc1cc(/C=C/C(=O)/C=C(O)/C=C/c2ccc(OCc3cn(CCOc4ccc(C=O)cc4)nn3)c(OC)c2)ccc1O. The summed E-state index contributed by atoms with van der Waals surface area (Å²) in [5.74, 6) is 1.26. The molecule has 3 aromatic carbocycles. The number of phenolic OH excluding ortho intramolecular Hbond substituents is 1. The Morgan fingerprint density at radius 2 is 1.55 bits per heavy atom. The van der Waals surface area contributed by atoms with Crippen LogP contribution in [0.25, 0.3) is 12.2 Å². The molecule has 11 heteroatoms. The fourth-order valence-corrected chi connectivity index (χ4v) is 3.87. The molecule has 0 saturated heterocycles. The second-order valence-corrected chi connectivity index (χ2v) is 9.28. The summed E-state index contributed by atoms with van der Waals surface area (Å²) in [5, 5.41) is 28.1. The van der Waals surface area contributed by atoms with Crippen LogP contribution in [0.5, 0.6) is 28.7 Å².